The Morgan fingerprint density at radius 2 is 1.80 bits per heavy atom. The Labute approximate surface area is 152 Å². The Bertz CT molecular complexity index is 690. The highest BCUT2D eigenvalue weighted by Gasteiger charge is 2.21. The summed E-state index contributed by atoms with van der Waals surface area (Å²) in [5.74, 6) is 1.74. The van der Waals surface area contributed by atoms with Crippen molar-refractivity contribution < 1.29 is 19.4 Å². The monoisotopic (exact) mass is 361 g/mol. The summed E-state index contributed by atoms with van der Waals surface area (Å²) in [6.07, 6.45) is 0. The molecule has 0 unspecified atom stereocenters. The van der Waals surface area contributed by atoms with Crippen molar-refractivity contribution in [1.29, 1.82) is 0 Å². The number of carbonyl (C=O) groups excluding carboxylic acids is 1. The molecule has 0 saturated carbocycles. The minimum Gasteiger partial charge on any atom is -0.497 e. The lowest BCUT2D eigenvalue weighted by Crippen LogP contribution is -2.34. The maximum Gasteiger partial charge on any atom is 0.233 e. The number of benzene rings is 2. The molecule has 0 spiro atoms. The van der Waals surface area contributed by atoms with Crippen LogP contribution in [0.1, 0.15) is 11.6 Å². The lowest BCUT2D eigenvalue weighted by Gasteiger charge is -2.27. The van der Waals surface area contributed by atoms with Crippen LogP contribution >= 0.6 is 11.8 Å². The molecule has 6 heteroatoms. The molecule has 25 heavy (non-hydrogen) atoms. The lowest BCUT2D eigenvalue weighted by molar-refractivity contribution is -0.130. The van der Waals surface area contributed by atoms with Gasteiger partial charge in [-0.2, -0.15) is 0 Å². The molecule has 1 amide bonds. The Hall–Kier alpha value is -2.18. The summed E-state index contributed by atoms with van der Waals surface area (Å²) < 4.78 is 10.3. The number of methoxy groups -OCH3 is 2. The zero-order chi connectivity index (χ0) is 18.2. The van der Waals surface area contributed by atoms with Crippen LogP contribution in [0.25, 0.3) is 0 Å². The summed E-state index contributed by atoms with van der Waals surface area (Å²) in [5.41, 5.74) is 0.866. The van der Waals surface area contributed by atoms with Gasteiger partial charge >= 0.3 is 0 Å². The molecule has 0 bridgehead atoms. The highest BCUT2D eigenvalue weighted by Crippen LogP contribution is 2.26. The Morgan fingerprint density at radius 3 is 2.40 bits per heavy atom. The second-order valence-corrected chi connectivity index (χ2v) is 6.49. The number of likely N-dealkylation sites (N-methyl/N-ethyl adjacent to an activating group) is 1. The van der Waals surface area contributed by atoms with Crippen LogP contribution in [0.3, 0.4) is 0 Å². The van der Waals surface area contributed by atoms with E-state index in [-0.39, 0.29) is 24.3 Å². The van der Waals surface area contributed by atoms with Crippen molar-refractivity contribution in [2.75, 3.05) is 33.6 Å². The van der Waals surface area contributed by atoms with Crippen LogP contribution in [0.2, 0.25) is 0 Å². The summed E-state index contributed by atoms with van der Waals surface area (Å²) in [6, 6.07) is 14.6. The molecule has 2 rings (SSSR count). The summed E-state index contributed by atoms with van der Waals surface area (Å²) in [4.78, 5) is 15.0. The molecule has 0 aliphatic rings. The summed E-state index contributed by atoms with van der Waals surface area (Å²) in [6.45, 7) is -0.140. The fourth-order valence-corrected chi connectivity index (χ4v) is 3.26. The van der Waals surface area contributed by atoms with E-state index in [2.05, 4.69) is 0 Å². The van der Waals surface area contributed by atoms with Crippen LogP contribution in [0, 0.1) is 0 Å². The van der Waals surface area contributed by atoms with Gasteiger partial charge in [0.15, 0.2) is 0 Å². The molecule has 1 N–H and O–H groups in total. The van der Waals surface area contributed by atoms with E-state index in [1.165, 1.54) is 11.8 Å². The fourth-order valence-electron chi connectivity index (χ4n) is 2.39. The number of ether oxygens (including phenoxy) is 2. The summed E-state index contributed by atoms with van der Waals surface area (Å²) in [7, 11) is 4.92. The summed E-state index contributed by atoms with van der Waals surface area (Å²) in [5, 5.41) is 9.73. The average Bonchev–Trinajstić information content (AvgIpc) is 2.67. The SMILES string of the molecule is COc1ccc([C@@H](CO)N(C)C(=O)CSc2cccc(OC)c2)cc1. The van der Waals surface area contributed by atoms with E-state index in [4.69, 9.17) is 9.47 Å². The highest BCUT2D eigenvalue weighted by molar-refractivity contribution is 8.00. The van der Waals surface area contributed by atoms with E-state index in [9.17, 15) is 9.90 Å². The molecule has 0 aliphatic heterocycles. The third kappa shape index (κ3) is 5.14. The quantitative estimate of drug-likeness (QED) is 0.733. The van der Waals surface area contributed by atoms with Gasteiger partial charge in [-0.15, -0.1) is 11.8 Å². The third-order valence-corrected chi connectivity index (χ3v) is 4.92. The van der Waals surface area contributed by atoms with Crippen molar-refractivity contribution in [1.82, 2.24) is 4.90 Å². The minimum atomic E-state index is -0.385. The number of thioether (sulfide) groups is 1. The van der Waals surface area contributed by atoms with Crippen LogP contribution < -0.4 is 9.47 Å². The predicted octanol–water partition coefficient (Wildman–Crippen LogP) is 2.99. The Morgan fingerprint density at radius 1 is 1.12 bits per heavy atom. The largest absolute Gasteiger partial charge is 0.497 e. The molecule has 1 atom stereocenters. The van der Waals surface area contributed by atoms with Crippen molar-refractivity contribution in [2.45, 2.75) is 10.9 Å². The first-order valence-corrected chi connectivity index (χ1v) is 8.85. The first-order chi connectivity index (χ1) is 12.1. The van der Waals surface area contributed by atoms with Gasteiger partial charge in [0.05, 0.1) is 32.6 Å². The molecule has 0 heterocycles. The number of nitrogens with zero attached hydrogens (tertiary/aromatic N) is 1. The molecule has 134 valence electrons. The smallest absolute Gasteiger partial charge is 0.233 e. The van der Waals surface area contributed by atoms with Crippen LogP contribution in [-0.2, 0) is 4.79 Å². The number of hydrogen-bond acceptors (Lipinski definition) is 5. The molecule has 0 aliphatic carbocycles. The van der Waals surface area contributed by atoms with E-state index in [1.807, 2.05) is 48.5 Å². The van der Waals surface area contributed by atoms with Gasteiger partial charge in [-0.1, -0.05) is 18.2 Å². The number of hydrogen-bond donors (Lipinski definition) is 1. The normalized spacial score (nSPS) is 11.7. The van der Waals surface area contributed by atoms with E-state index < -0.39 is 0 Å². The highest BCUT2D eigenvalue weighted by atomic mass is 32.2. The minimum absolute atomic E-state index is 0.0531. The molecule has 0 aromatic heterocycles. The molecule has 0 saturated heterocycles. The first-order valence-electron chi connectivity index (χ1n) is 7.86. The van der Waals surface area contributed by atoms with Crippen LogP contribution in [0.15, 0.2) is 53.4 Å². The molecular formula is C19H23NO4S. The average molecular weight is 361 g/mol. The van der Waals surface area contributed by atoms with Gasteiger partial charge in [0, 0.05) is 11.9 Å². The molecule has 2 aromatic rings. The van der Waals surface area contributed by atoms with Crippen molar-refractivity contribution in [3.05, 3.63) is 54.1 Å². The van der Waals surface area contributed by atoms with E-state index in [0.29, 0.717) is 0 Å². The Kier molecular flexibility index (Phi) is 7.16. The zero-order valence-corrected chi connectivity index (χ0v) is 15.5. The van der Waals surface area contributed by atoms with Crippen molar-refractivity contribution >= 4 is 17.7 Å². The number of carbonyl (C=O) groups is 1. The van der Waals surface area contributed by atoms with E-state index in [1.54, 1.807) is 26.2 Å². The van der Waals surface area contributed by atoms with Gasteiger partial charge in [0.1, 0.15) is 11.5 Å². The molecule has 5 nitrogen and oxygen atoms in total. The van der Waals surface area contributed by atoms with Crippen molar-refractivity contribution in [3.8, 4) is 11.5 Å². The first kappa shape index (κ1) is 19.1. The number of aliphatic hydroxyl groups is 1. The van der Waals surface area contributed by atoms with Gasteiger partial charge in [-0.3, -0.25) is 4.79 Å². The van der Waals surface area contributed by atoms with Crippen LogP contribution in [-0.4, -0.2) is 49.5 Å². The number of aliphatic hydroxyl groups excluding tert-OH is 1. The third-order valence-electron chi connectivity index (χ3n) is 3.94. The van der Waals surface area contributed by atoms with Crippen LogP contribution in [0.4, 0.5) is 0 Å². The summed E-state index contributed by atoms with van der Waals surface area (Å²) >= 11 is 1.44. The fraction of sp³-hybridized carbons (Fsp3) is 0.316. The predicted molar refractivity (Wildman–Crippen MR) is 99.3 cm³/mol. The molecule has 0 radical (unpaired) electrons. The molecular weight excluding hydrogens is 338 g/mol. The maximum absolute atomic E-state index is 12.5. The second-order valence-electron chi connectivity index (χ2n) is 5.44. The zero-order valence-electron chi connectivity index (χ0n) is 14.6. The lowest BCUT2D eigenvalue weighted by atomic mass is 10.1. The topological polar surface area (TPSA) is 59.0 Å². The van der Waals surface area contributed by atoms with Gasteiger partial charge in [-0.25, -0.2) is 0 Å². The second kappa shape index (κ2) is 9.34. The van der Waals surface area contributed by atoms with Crippen molar-refractivity contribution in [2.24, 2.45) is 0 Å². The molecule has 0 fully saturated rings. The van der Waals surface area contributed by atoms with E-state index in [0.717, 1.165) is 22.0 Å². The van der Waals surface area contributed by atoms with Gasteiger partial charge in [0.2, 0.25) is 5.91 Å². The Balaban J connectivity index is 2.00. The van der Waals surface area contributed by atoms with Gasteiger partial charge in [-0.05, 0) is 35.9 Å². The standard InChI is InChI=1S/C19H23NO4S/c1-20(18(12-21)14-7-9-15(23-2)10-8-14)19(22)13-25-17-6-4-5-16(11-17)24-3/h4-11,18,21H,12-13H2,1-3H3/t18-/m1/s1. The number of amides is 1. The molecule has 2 aromatic carbocycles. The number of rotatable bonds is 8. The van der Waals surface area contributed by atoms with E-state index >= 15 is 0 Å². The van der Waals surface area contributed by atoms with Crippen molar-refractivity contribution in [3.63, 3.8) is 0 Å². The van der Waals surface area contributed by atoms with Crippen LogP contribution in [0.5, 0.6) is 11.5 Å². The van der Waals surface area contributed by atoms with Gasteiger partial charge in [0.25, 0.3) is 0 Å². The maximum atomic E-state index is 12.5. The van der Waals surface area contributed by atoms with Gasteiger partial charge < -0.3 is 19.5 Å².